The number of benzene rings is 1. The van der Waals surface area contributed by atoms with Gasteiger partial charge in [-0.2, -0.15) is 0 Å². The van der Waals surface area contributed by atoms with Crippen molar-refractivity contribution >= 4 is 17.7 Å². The maximum absolute atomic E-state index is 5.50. The molecule has 0 amide bonds. The zero-order valence-electron chi connectivity index (χ0n) is 7.39. The summed E-state index contributed by atoms with van der Waals surface area (Å²) in [5.41, 5.74) is 2.14. The van der Waals surface area contributed by atoms with Crippen molar-refractivity contribution in [3.63, 3.8) is 0 Å². The Morgan fingerprint density at radius 1 is 1.31 bits per heavy atom. The lowest BCUT2D eigenvalue weighted by atomic mass is 10.1. The van der Waals surface area contributed by atoms with Crippen LogP contribution in [0.3, 0.4) is 0 Å². The van der Waals surface area contributed by atoms with E-state index in [1.54, 1.807) is 0 Å². The number of halogens is 1. The molecular formula is C12H11Cl. The summed E-state index contributed by atoms with van der Waals surface area (Å²) in [6.07, 6.45) is 2.56. The van der Waals surface area contributed by atoms with Crippen LogP contribution in [0.2, 0.25) is 0 Å². The van der Waals surface area contributed by atoms with E-state index in [0.717, 1.165) is 17.5 Å². The third-order valence-electron chi connectivity index (χ3n) is 1.60. The van der Waals surface area contributed by atoms with Crippen molar-refractivity contribution in [2.24, 2.45) is 0 Å². The van der Waals surface area contributed by atoms with E-state index in [4.69, 9.17) is 11.6 Å². The molecule has 0 aliphatic carbocycles. The topological polar surface area (TPSA) is 0 Å². The Morgan fingerprint density at radius 3 is 2.54 bits per heavy atom. The van der Waals surface area contributed by atoms with E-state index >= 15 is 0 Å². The van der Waals surface area contributed by atoms with Crippen LogP contribution in [-0.4, -0.2) is 5.88 Å². The molecule has 1 heteroatoms. The highest BCUT2D eigenvalue weighted by Gasteiger charge is 1.86. The van der Waals surface area contributed by atoms with Crippen molar-refractivity contribution in [1.82, 2.24) is 0 Å². The Kier molecular flexibility index (Phi) is 4.15. The molecule has 0 spiro atoms. The summed E-state index contributed by atoms with van der Waals surface area (Å²) in [6, 6.07) is 7.96. The van der Waals surface area contributed by atoms with Crippen LogP contribution in [0.4, 0.5) is 0 Å². The van der Waals surface area contributed by atoms with Crippen molar-refractivity contribution in [1.29, 1.82) is 0 Å². The highest BCUT2D eigenvalue weighted by Crippen LogP contribution is 2.03. The minimum absolute atomic E-state index is 0.595. The van der Waals surface area contributed by atoms with E-state index in [2.05, 4.69) is 18.4 Å². The molecular weight excluding hydrogens is 180 g/mol. The second kappa shape index (κ2) is 5.45. The zero-order chi connectivity index (χ0) is 9.52. The SMILES string of the molecule is C=Cc1ccc(C#CCCCl)cc1. The number of hydrogen-bond donors (Lipinski definition) is 0. The molecule has 0 fully saturated rings. The van der Waals surface area contributed by atoms with Gasteiger partial charge in [-0.05, 0) is 17.7 Å². The Morgan fingerprint density at radius 2 is 2.00 bits per heavy atom. The molecule has 0 aliphatic heterocycles. The predicted octanol–water partition coefficient (Wildman–Crippen LogP) is 3.31. The molecule has 0 atom stereocenters. The molecule has 1 aromatic carbocycles. The fourth-order valence-corrected chi connectivity index (χ4v) is 1.01. The van der Waals surface area contributed by atoms with Crippen LogP contribution in [0.25, 0.3) is 6.08 Å². The number of hydrogen-bond acceptors (Lipinski definition) is 0. The molecule has 1 aromatic rings. The van der Waals surface area contributed by atoms with Crippen molar-refractivity contribution in [2.45, 2.75) is 6.42 Å². The fourth-order valence-electron chi connectivity index (χ4n) is 0.914. The molecule has 0 heterocycles. The van der Waals surface area contributed by atoms with Crippen molar-refractivity contribution in [2.75, 3.05) is 5.88 Å². The maximum Gasteiger partial charge on any atom is 0.0333 e. The van der Waals surface area contributed by atoms with Gasteiger partial charge in [0.1, 0.15) is 0 Å². The zero-order valence-corrected chi connectivity index (χ0v) is 8.14. The molecule has 0 saturated heterocycles. The van der Waals surface area contributed by atoms with Crippen LogP contribution >= 0.6 is 11.6 Å². The quantitative estimate of drug-likeness (QED) is 0.496. The van der Waals surface area contributed by atoms with E-state index in [1.807, 2.05) is 30.3 Å². The first-order chi connectivity index (χ1) is 6.36. The number of alkyl halides is 1. The molecule has 1 rings (SSSR count). The van der Waals surface area contributed by atoms with Gasteiger partial charge in [0.15, 0.2) is 0 Å². The van der Waals surface area contributed by atoms with Gasteiger partial charge >= 0.3 is 0 Å². The Bertz CT molecular complexity index is 324. The molecule has 13 heavy (non-hydrogen) atoms. The highest BCUT2D eigenvalue weighted by atomic mass is 35.5. The molecule has 0 radical (unpaired) electrons. The van der Waals surface area contributed by atoms with E-state index in [1.165, 1.54) is 0 Å². The summed E-state index contributed by atoms with van der Waals surface area (Å²) in [4.78, 5) is 0. The highest BCUT2D eigenvalue weighted by molar-refractivity contribution is 6.18. The van der Waals surface area contributed by atoms with E-state index < -0.39 is 0 Å². The summed E-state index contributed by atoms with van der Waals surface area (Å²) in [5.74, 6) is 6.60. The second-order valence-electron chi connectivity index (χ2n) is 2.57. The average molecular weight is 191 g/mol. The monoisotopic (exact) mass is 190 g/mol. The van der Waals surface area contributed by atoms with Gasteiger partial charge < -0.3 is 0 Å². The standard InChI is InChI=1S/C12H11Cl/c1-2-11-6-8-12(9-7-11)5-3-4-10-13/h2,6-9H,1,4,10H2. The van der Waals surface area contributed by atoms with Crippen LogP contribution in [0, 0.1) is 11.8 Å². The van der Waals surface area contributed by atoms with Gasteiger partial charge in [-0.1, -0.05) is 36.6 Å². The third kappa shape index (κ3) is 3.36. The maximum atomic E-state index is 5.50. The van der Waals surface area contributed by atoms with Crippen LogP contribution < -0.4 is 0 Å². The van der Waals surface area contributed by atoms with Crippen molar-refractivity contribution in [3.8, 4) is 11.8 Å². The first-order valence-corrected chi connectivity index (χ1v) is 4.67. The van der Waals surface area contributed by atoms with E-state index in [0.29, 0.717) is 5.88 Å². The van der Waals surface area contributed by atoms with E-state index in [-0.39, 0.29) is 0 Å². The minimum Gasteiger partial charge on any atom is -0.126 e. The normalized spacial score (nSPS) is 8.69. The lowest BCUT2D eigenvalue weighted by Crippen LogP contribution is -1.75. The predicted molar refractivity (Wildman–Crippen MR) is 58.7 cm³/mol. The van der Waals surface area contributed by atoms with Crippen LogP contribution in [0.5, 0.6) is 0 Å². The molecule has 0 aliphatic rings. The number of rotatable bonds is 2. The van der Waals surface area contributed by atoms with Crippen molar-refractivity contribution < 1.29 is 0 Å². The van der Waals surface area contributed by atoms with Crippen LogP contribution in [0.1, 0.15) is 17.5 Å². The smallest absolute Gasteiger partial charge is 0.0333 e. The van der Waals surface area contributed by atoms with Gasteiger partial charge in [-0.25, -0.2) is 0 Å². The van der Waals surface area contributed by atoms with Crippen LogP contribution in [0.15, 0.2) is 30.8 Å². The second-order valence-corrected chi connectivity index (χ2v) is 2.94. The van der Waals surface area contributed by atoms with Gasteiger partial charge in [-0.3, -0.25) is 0 Å². The lowest BCUT2D eigenvalue weighted by Gasteiger charge is -1.92. The average Bonchev–Trinajstić information content (AvgIpc) is 2.19. The molecule has 0 aromatic heterocycles. The first-order valence-electron chi connectivity index (χ1n) is 4.14. The Hall–Kier alpha value is -1.19. The molecule has 0 saturated carbocycles. The van der Waals surface area contributed by atoms with Crippen molar-refractivity contribution in [3.05, 3.63) is 42.0 Å². The van der Waals surface area contributed by atoms with Gasteiger partial charge in [0.05, 0.1) is 0 Å². The van der Waals surface area contributed by atoms with E-state index in [9.17, 15) is 0 Å². The Balaban J connectivity index is 2.71. The Labute approximate surface area is 84.2 Å². The van der Waals surface area contributed by atoms with Gasteiger partial charge in [0, 0.05) is 17.9 Å². The first kappa shape index (κ1) is 9.89. The molecule has 0 N–H and O–H groups in total. The molecule has 0 unspecified atom stereocenters. The largest absolute Gasteiger partial charge is 0.126 e. The van der Waals surface area contributed by atoms with Gasteiger partial charge in [0.2, 0.25) is 0 Å². The summed E-state index contributed by atoms with van der Waals surface area (Å²) in [5, 5.41) is 0. The van der Waals surface area contributed by atoms with Crippen LogP contribution in [-0.2, 0) is 0 Å². The lowest BCUT2D eigenvalue weighted by molar-refractivity contribution is 1.29. The van der Waals surface area contributed by atoms with Gasteiger partial charge in [-0.15, -0.1) is 11.6 Å². The minimum atomic E-state index is 0.595. The summed E-state index contributed by atoms with van der Waals surface area (Å²) < 4.78 is 0. The molecule has 66 valence electrons. The summed E-state index contributed by atoms with van der Waals surface area (Å²) in [6.45, 7) is 3.68. The van der Waals surface area contributed by atoms with Gasteiger partial charge in [0.25, 0.3) is 0 Å². The fraction of sp³-hybridized carbons (Fsp3) is 0.167. The molecule has 0 bridgehead atoms. The molecule has 0 nitrogen and oxygen atoms in total. The third-order valence-corrected chi connectivity index (χ3v) is 1.79. The summed E-state index contributed by atoms with van der Waals surface area (Å²) >= 11 is 5.50. The summed E-state index contributed by atoms with van der Waals surface area (Å²) in [7, 11) is 0.